The number of aryl methyl sites for hydroxylation is 2. The number of hydrogen-bond donors (Lipinski definition) is 1. The fraction of sp³-hybridized carbons (Fsp3) is 0.316. The summed E-state index contributed by atoms with van der Waals surface area (Å²) in [6.45, 7) is 6.75. The molecular weight excluding hydrogens is 332 g/mol. The number of thiazole rings is 1. The Labute approximate surface area is 151 Å². The number of hydrogen-bond acceptors (Lipinski definition) is 4. The summed E-state index contributed by atoms with van der Waals surface area (Å²) in [5.41, 5.74) is 2.55. The van der Waals surface area contributed by atoms with Gasteiger partial charge in [0.2, 0.25) is 0 Å². The van der Waals surface area contributed by atoms with Crippen LogP contribution in [0.4, 0.5) is 0 Å². The zero-order chi connectivity index (χ0) is 18.0. The van der Waals surface area contributed by atoms with Crippen molar-refractivity contribution in [1.29, 1.82) is 0 Å². The van der Waals surface area contributed by atoms with Crippen molar-refractivity contribution in [2.45, 2.75) is 33.2 Å². The van der Waals surface area contributed by atoms with Crippen LogP contribution in [0, 0.1) is 6.92 Å². The Morgan fingerprint density at radius 2 is 2.16 bits per heavy atom. The minimum absolute atomic E-state index is 0.0880. The smallest absolute Gasteiger partial charge is 0.251 e. The van der Waals surface area contributed by atoms with Gasteiger partial charge in [0, 0.05) is 41.4 Å². The number of nitrogens with zero attached hydrogens (tertiary/aromatic N) is 3. The molecule has 2 aromatic heterocycles. The van der Waals surface area contributed by atoms with Crippen molar-refractivity contribution < 1.29 is 4.79 Å². The number of benzene rings is 1. The summed E-state index contributed by atoms with van der Waals surface area (Å²) >= 11 is 1.67. The number of amides is 1. The molecule has 0 unspecified atom stereocenters. The first-order valence-corrected chi connectivity index (χ1v) is 9.09. The fourth-order valence-electron chi connectivity index (χ4n) is 2.57. The molecule has 0 radical (unpaired) electrons. The van der Waals surface area contributed by atoms with Gasteiger partial charge in [-0.25, -0.2) is 9.97 Å². The average molecular weight is 354 g/mol. The Balaban J connectivity index is 1.73. The van der Waals surface area contributed by atoms with E-state index in [1.807, 2.05) is 49.0 Å². The first kappa shape index (κ1) is 17.4. The van der Waals surface area contributed by atoms with Crippen molar-refractivity contribution in [1.82, 2.24) is 19.9 Å². The molecular formula is C19H22N4OS. The minimum Gasteiger partial charge on any atom is -0.347 e. The van der Waals surface area contributed by atoms with Crippen LogP contribution in [0.5, 0.6) is 0 Å². The number of rotatable bonds is 5. The molecule has 0 atom stereocenters. The van der Waals surface area contributed by atoms with E-state index < -0.39 is 0 Å². The normalized spacial score (nSPS) is 11.1. The molecule has 6 heteroatoms. The highest BCUT2D eigenvalue weighted by Crippen LogP contribution is 2.24. The Bertz CT molecular complexity index is 894. The third kappa shape index (κ3) is 3.79. The molecule has 1 amide bonds. The number of carbonyl (C=O) groups excluding carboxylic acids is 1. The predicted molar refractivity (Wildman–Crippen MR) is 101 cm³/mol. The summed E-state index contributed by atoms with van der Waals surface area (Å²) in [5.74, 6) is 1.16. The number of nitrogens with one attached hydrogen (secondary N) is 1. The maximum atomic E-state index is 12.5. The van der Waals surface area contributed by atoms with E-state index in [-0.39, 0.29) is 5.91 Å². The van der Waals surface area contributed by atoms with Crippen LogP contribution >= 0.6 is 11.3 Å². The van der Waals surface area contributed by atoms with Crippen molar-refractivity contribution in [3.63, 3.8) is 0 Å². The van der Waals surface area contributed by atoms with Crippen LogP contribution in [0.1, 0.15) is 45.7 Å². The molecule has 1 N–H and O–H groups in total. The zero-order valence-electron chi connectivity index (χ0n) is 14.9. The van der Waals surface area contributed by atoms with Gasteiger partial charge >= 0.3 is 0 Å². The molecule has 25 heavy (non-hydrogen) atoms. The van der Waals surface area contributed by atoms with Crippen molar-refractivity contribution in [3.05, 3.63) is 57.8 Å². The quantitative estimate of drug-likeness (QED) is 0.756. The van der Waals surface area contributed by atoms with Crippen LogP contribution < -0.4 is 5.32 Å². The number of carbonyl (C=O) groups is 1. The van der Waals surface area contributed by atoms with Crippen LogP contribution in [0.15, 0.2) is 36.7 Å². The van der Waals surface area contributed by atoms with Gasteiger partial charge in [0.05, 0.1) is 17.2 Å². The van der Waals surface area contributed by atoms with Crippen LogP contribution in [0.3, 0.4) is 0 Å². The van der Waals surface area contributed by atoms with Crippen molar-refractivity contribution in [3.8, 4) is 11.4 Å². The Kier molecular flexibility index (Phi) is 4.99. The molecule has 130 valence electrons. The summed E-state index contributed by atoms with van der Waals surface area (Å²) in [7, 11) is 1.94. The van der Waals surface area contributed by atoms with Gasteiger partial charge in [-0.2, -0.15) is 0 Å². The van der Waals surface area contributed by atoms with E-state index in [1.54, 1.807) is 17.5 Å². The van der Waals surface area contributed by atoms with E-state index in [0.29, 0.717) is 18.0 Å². The second kappa shape index (κ2) is 7.19. The third-order valence-corrected chi connectivity index (χ3v) is 5.47. The lowest BCUT2D eigenvalue weighted by Crippen LogP contribution is -2.22. The van der Waals surface area contributed by atoms with Gasteiger partial charge in [-0.05, 0) is 19.1 Å². The first-order valence-electron chi connectivity index (χ1n) is 8.28. The summed E-state index contributed by atoms with van der Waals surface area (Å²) in [6.07, 6.45) is 3.64. The Morgan fingerprint density at radius 1 is 1.36 bits per heavy atom. The summed E-state index contributed by atoms with van der Waals surface area (Å²) < 4.78 is 1.94. The lowest BCUT2D eigenvalue weighted by Gasteiger charge is -2.07. The van der Waals surface area contributed by atoms with E-state index >= 15 is 0 Å². The van der Waals surface area contributed by atoms with Gasteiger partial charge in [-0.3, -0.25) is 4.79 Å². The predicted octanol–water partition coefficient (Wildman–Crippen LogP) is 3.91. The SMILES string of the molecule is Cc1nc(C(C)C)sc1CNC(=O)c1cccc(-c2nccn2C)c1. The molecule has 3 rings (SSSR count). The van der Waals surface area contributed by atoms with E-state index in [0.717, 1.165) is 27.0 Å². The van der Waals surface area contributed by atoms with E-state index in [9.17, 15) is 4.79 Å². The molecule has 3 aromatic rings. The molecule has 0 spiro atoms. The molecule has 0 aliphatic carbocycles. The average Bonchev–Trinajstić information content (AvgIpc) is 3.18. The van der Waals surface area contributed by atoms with Crippen molar-refractivity contribution >= 4 is 17.2 Å². The van der Waals surface area contributed by atoms with E-state index in [1.165, 1.54) is 0 Å². The number of aromatic nitrogens is 3. The molecule has 0 saturated carbocycles. The highest BCUT2D eigenvalue weighted by atomic mass is 32.1. The largest absolute Gasteiger partial charge is 0.347 e. The fourth-order valence-corrected chi connectivity index (χ4v) is 3.58. The summed E-state index contributed by atoms with van der Waals surface area (Å²) in [6, 6.07) is 7.53. The second-order valence-electron chi connectivity index (χ2n) is 6.34. The minimum atomic E-state index is -0.0880. The molecule has 0 bridgehead atoms. The van der Waals surface area contributed by atoms with Gasteiger partial charge in [-0.1, -0.05) is 26.0 Å². The van der Waals surface area contributed by atoms with Crippen LogP contribution in [-0.2, 0) is 13.6 Å². The van der Waals surface area contributed by atoms with E-state index in [2.05, 4.69) is 29.1 Å². The maximum absolute atomic E-state index is 12.5. The summed E-state index contributed by atoms with van der Waals surface area (Å²) in [5, 5.41) is 4.11. The molecule has 0 saturated heterocycles. The lowest BCUT2D eigenvalue weighted by molar-refractivity contribution is 0.0951. The molecule has 1 aromatic carbocycles. The maximum Gasteiger partial charge on any atom is 0.251 e. The third-order valence-electron chi connectivity index (χ3n) is 4.02. The van der Waals surface area contributed by atoms with Gasteiger partial charge < -0.3 is 9.88 Å². The zero-order valence-corrected chi connectivity index (χ0v) is 15.7. The van der Waals surface area contributed by atoms with Gasteiger partial charge in [-0.15, -0.1) is 11.3 Å². The van der Waals surface area contributed by atoms with Crippen LogP contribution in [0.25, 0.3) is 11.4 Å². The lowest BCUT2D eigenvalue weighted by atomic mass is 10.1. The molecule has 5 nitrogen and oxygen atoms in total. The highest BCUT2D eigenvalue weighted by molar-refractivity contribution is 7.11. The molecule has 0 aliphatic rings. The Morgan fingerprint density at radius 3 is 2.80 bits per heavy atom. The summed E-state index contributed by atoms with van der Waals surface area (Å²) in [4.78, 5) is 22.5. The Hall–Kier alpha value is -2.47. The molecule has 2 heterocycles. The topological polar surface area (TPSA) is 59.8 Å². The highest BCUT2D eigenvalue weighted by Gasteiger charge is 2.13. The molecule has 0 aliphatic heterocycles. The van der Waals surface area contributed by atoms with Gasteiger partial charge in [0.15, 0.2) is 0 Å². The van der Waals surface area contributed by atoms with Crippen LogP contribution in [0.2, 0.25) is 0 Å². The number of imidazole rings is 1. The standard InChI is InChI=1S/C19H22N4OS/c1-12(2)19-22-13(3)16(25-19)11-21-18(24)15-7-5-6-14(10-15)17-20-8-9-23(17)4/h5-10,12H,11H2,1-4H3,(H,21,24). The monoisotopic (exact) mass is 354 g/mol. The van der Waals surface area contributed by atoms with Crippen molar-refractivity contribution in [2.24, 2.45) is 7.05 Å². The molecule has 0 fully saturated rings. The first-order chi connectivity index (χ1) is 12.0. The van der Waals surface area contributed by atoms with E-state index in [4.69, 9.17) is 0 Å². The second-order valence-corrected chi connectivity index (χ2v) is 7.46. The van der Waals surface area contributed by atoms with Gasteiger partial charge in [0.1, 0.15) is 5.82 Å². The van der Waals surface area contributed by atoms with Crippen LogP contribution in [-0.4, -0.2) is 20.4 Å². The van der Waals surface area contributed by atoms with Crippen molar-refractivity contribution in [2.75, 3.05) is 0 Å². The van der Waals surface area contributed by atoms with Gasteiger partial charge in [0.25, 0.3) is 5.91 Å².